The minimum absolute atomic E-state index is 0.00737. The third-order valence-electron chi connectivity index (χ3n) is 5.30. The number of hydrogen-bond donors (Lipinski definition) is 2. The summed E-state index contributed by atoms with van der Waals surface area (Å²) in [5.41, 5.74) is 0.815. The molecule has 1 aromatic heterocycles. The SMILES string of the molecule is CCCCCOC(=O)Oc1ccc(C(=O)NS(=O)(=O)c2ccc(CCNC(=O)CCC(C)C)cc2)cn1. The highest BCUT2D eigenvalue weighted by atomic mass is 32.2. The van der Waals surface area contributed by atoms with Crippen LogP contribution in [0.3, 0.4) is 0 Å². The van der Waals surface area contributed by atoms with E-state index in [0.29, 0.717) is 25.3 Å². The number of carbonyl (C=O) groups is 3. The zero-order valence-corrected chi connectivity index (χ0v) is 22.3. The molecule has 10 nitrogen and oxygen atoms in total. The van der Waals surface area contributed by atoms with Crippen molar-refractivity contribution in [2.24, 2.45) is 5.92 Å². The molecule has 0 bridgehead atoms. The number of nitrogens with one attached hydrogen (secondary N) is 2. The first-order valence-corrected chi connectivity index (χ1v) is 13.8. The molecule has 0 atom stereocenters. The molecule has 2 aromatic rings. The highest BCUT2D eigenvalue weighted by molar-refractivity contribution is 7.90. The van der Waals surface area contributed by atoms with E-state index < -0.39 is 22.1 Å². The van der Waals surface area contributed by atoms with E-state index in [0.717, 1.165) is 37.4 Å². The number of hydrogen-bond acceptors (Lipinski definition) is 8. The molecule has 0 aliphatic carbocycles. The number of aromatic nitrogens is 1. The van der Waals surface area contributed by atoms with Gasteiger partial charge in [-0.2, -0.15) is 0 Å². The lowest BCUT2D eigenvalue weighted by atomic mass is 10.1. The van der Waals surface area contributed by atoms with E-state index in [9.17, 15) is 22.8 Å². The van der Waals surface area contributed by atoms with Crippen molar-refractivity contribution in [1.82, 2.24) is 15.0 Å². The van der Waals surface area contributed by atoms with E-state index >= 15 is 0 Å². The number of rotatable bonds is 14. The number of unbranched alkanes of at least 4 members (excludes halogenated alkanes) is 2. The van der Waals surface area contributed by atoms with E-state index in [4.69, 9.17) is 9.47 Å². The summed E-state index contributed by atoms with van der Waals surface area (Å²) in [6, 6.07) is 8.61. The molecule has 0 aliphatic rings. The summed E-state index contributed by atoms with van der Waals surface area (Å²) in [7, 11) is -4.12. The molecule has 2 amide bonds. The number of nitrogens with zero attached hydrogens (tertiary/aromatic N) is 1. The number of sulfonamides is 1. The normalized spacial score (nSPS) is 11.1. The van der Waals surface area contributed by atoms with Gasteiger partial charge in [-0.3, -0.25) is 9.59 Å². The van der Waals surface area contributed by atoms with E-state index in [2.05, 4.69) is 24.1 Å². The minimum atomic E-state index is -4.12. The Morgan fingerprint density at radius 2 is 1.76 bits per heavy atom. The number of amides is 2. The fourth-order valence-corrected chi connectivity index (χ4v) is 4.10. The van der Waals surface area contributed by atoms with Gasteiger partial charge in [0.1, 0.15) is 0 Å². The van der Waals surface area contributed by atoms with Crippen molar-refractivity contribution in [2.45, 2.75) is 64.2 Å². The van der Waals surface area contributed by atoms with Gasteiger partial charge in [-0.1, -0.05) is 45.7 Å². The predicted molar refractivity (Wildman–Crippen MR) is 138 cm³/mol. The molecule has 2 N–H and O–H groups in total. The second-order valence-corrected chi connectivity index (χ2v) is 10.6. The largest absolute Gasteiger partial charge is 0.515 e. The van der Waals surface area contributed by atoms with Gasteiger partial charge < -0.3 is 14.8 Å². The van der Waals surface area contributed by atoms with Gasteiger partial charge in [0.05, 0.1) is 17.1 Å². The molecule has 0 saturated heterocycles. The Morgan fingerprint density at radius 1 is 1.03 bits per heavy atom. The molecule has 0 spiro atoms. The lowest BCUT2D eigenvalue weighted by Crippen LogP contribution is -2.30. The maximum Gasteiger partial charge on any atom is 0.515 e. The second-order valence-electron chi connectivity index (χ2n) is 8.90. The van der Waals surface area contributed by atoms with Crippen molar-refractivity contribution in [2.75, 3.05) is 13.2 Å². The van der Waals surface area contributed by atoms with Crippen LogP contribution in [-0.2, 0) is 26.0 Å². The van der Waals surface area contributed by atoms with Crippen molar-refractivity contribution in [3.05, 3.63) is 53.7 Å². The van der Waals surface area contributed by atoms with E-state index in [1.54, 1.807) is 12.1 Å². The molecule has 0 aliphatic heterocycles. The topological polar surface area (TPSA) is 141 Å². The average molecular weight is 534 g/mol. The molecule has 1 aromatic carbocycles. The molecule has 1 heterocycles. The van der Waals surface area contributed by atoms with Crippen LogP contribution in [-0.4, -0.2) is 44.5 Å². The van der Waals surface area contributed by atoms with Gasteiger partial charge in [-0.05, 0) is 48.9 Å². The number of pyridine rings is 1. The Labute approximate surface area is 218 Å². The molecular formula is C26H35N3O7S. The number of carbonyl (C=O) groups excluding carboxylic acids is 3. The fourth-order valence-electron chi connectivity index (χ4n) is 3.13. The van der Waals surface area contributed by atoms with Gasteiger partial charge in [0.25, 0.3) is 15.9 Å². The summed E-state index contributed by atoms with van der Waals surface area (Å²) in [6.45, 7) is 6.83. The summed E-state index contributed by atoms with van der Waals surface area (Å²) in [5, 5.41) is 2.85. The third kappa shape index (κ3) is 11.0. The monoisotopic (exact) mass is 533 g/mol. The summed E-state index contributed by atoms with van der Waals surface area (Å²) >= 11 is 0. The Morgan fingerprint density at radius 3 is 2.38 bits per heavy atom. The molecule has 0 radical (unpaired) electrons. The molecule has 2 rings (SSSR count). The lowest BCUT2D eigenvalue weighted by molar-refractivity contribution is -0.121. The van der Waals surface area contributed by atoms with Gasteiger partial charge in [0, 0.05) is 25.2 Å². The molecule has 0 unspecified atom stereocenters. The van der Waals surface area contributed by atoms with Gasteiger partial charge in [0.15, 0.2) is 0 Å². The van der Waals surface area contributed by atoms with Crippen molar-refractivity contribution in [3.63, 3.8) is 0 Å². The van der Waals surface area contributed by atoms with Crippen LogP contribution in [0.25, 0.3) is 0 Å². The number of ether oxygens (including phenoxy) is 2. The molecule has 0 saturated carbocycles. The van der Waals surface area contributed by atoms with Crippen LogP contribution >= 0.6 is 0 Å². The first kappa shape index (κ1) is 29.8. The molecule has 202 valence electrons. The van der Waals surface area contributed by atoms with Crippen LogP contribution in [0.15, 0.2) is 47.5 Å². The highest BCUT2D eigenvalue weighted by Gasteiger charge is 2.19. The standard InChI is InChI=1S/C26H35N3O7S/c1-4-5-6-17-35-26(32)36-24-14-10-21(18-28-24)25(31)29-37(33,34)22-11-8-20(9-12-22)15-16-27-23(30)13-7-19(2)3/h8-12,14,18-19H,4-7,13,15-17H2,1-3H3,(H,27,30)(H,29,31). The maximum absolute atomic E-state index is 12.6. The summed E-state index contributed by atoms with van der Waals surface area (Å²) in [4.78, 5) is 39.6. The molecule has 11 heteroatoms. The van der Waals surface area contributed by atoms with Crippen molar-refractivity contribution in [1.29, 1.82) is 0 Å². The Kier molecular flexibility index (Phi) is 12.0. The maximum atomic E-state index is 12.6. The Hall–Kier alpha value is -3.47. The van der Waals surface area contributed by atoms with Crippen LogP contribution in [0.4, 0.5) is 4.79 Å². The fraction of sp³-hybridized carbons (Fsp3) is 0.462. The quantitative estimate of drug-likeness (QED) is 0.274. The van der Waals surface area contributed by atoms with E-state index in [1.807, 2.05) is 11.6 Å². The van der Waals surface area contributed by atoms with Crippen LogP contribution in [0.1, 0.15) is 68.8 Å². The average Bonchev–Trinajstić information content (AvgIpc) is 2.86. The first-order chi connectivity index (χ1) is 17.6. The van der Waals surface area contributed by atoms with Crippen LogP contribution in [0.2, 0.25) is 0 Å². The highest BCUT2D eigenvalue weighted by Crippen LogP contribution is 2.13. The summed E-state index contributed by atoms with van der Waals surface area (Å²) in [5.74, 6) is -0.505. The summed E-state index contributed by atoms with van der Waals surface area (Å²) < 4.78 is 37.1. The summed E-state index contributed by atoms with van der Waals surface area (Å²) in [6.07, 6.45) is 4.70. The van der Waals surface area contributed by atoms with Gasteiger partial charge in [-0.15, -0.1) is 0 Å². The first-order valence-electron chi connectivity index (χ1n) is 12.3. The van der Waals surface area contributed by atoms with Crippen molar-refractivity contribution >= 4 is 28.0 Å². The second kappa shape index (κ2) is 14.9. The van der Waals surface area contributed by atoms with Gasteiger partial charge in [-0.25, -0.2) is 22.9 Å². The van der Waals surface area contributed by atoms with Crippen LogP contribution < -0.4 is 14.8 Å². The van der Waals surface area contributed by atoms with Crippen LogP contribution in [0.5, 0.6) is 5.88 Å². The van der Waals surface area contributed by atoms with E-state index in [-0.39, 0.29) is 28.9 Å². The third-order valence-corrected chi connectivity index (χ3v) is 6.65. The zero-order chi connectivity index (χ0) is 27.3. The van der Waals surface area contributed by atoms with Crippen molar-refractivity contribution in [3.8, 4) is 5.88 Å². The molecule has 0 fully saturated rings. The van der Waals surface area contributed by atoms with Crippen LogP contribution in [0, 0.1) is 5.92 Å². The zero-order valence-electron chi connectivity index (χ0n) is 21.5. The molecule has 37 heavy (non-hydrogen) atoms. The predicted octanol–water partition coefficient (Wildman–Crippen LogP) is 4.00. The molecular weight excluding hydrogens is 498 g/mol. The lowest BCUT2D eigenvalue weighted by Gasteiger charge is -2.09. The minimum Gasteiger partial charge on any atom is -0.434 e. The van der Waals surface area contributed by atoms with E-state index in [1.165, 1.54) is 24.3 Å². The Balaban J connectivity index is 1.85. The van der Waals surface area contributed by atoms with Crippen molar-refractivity contribution < 1.29 is 32.3 Å². The van der Waals surface area contributed by atoms with Gasteiger partial charge in [0.2, 0.25) is 11.8 Å². The number of benzene rings is 1. The Bertz CT molecular complexity index is 1130. The smallest absolute Gasteiger partial charge is 0.434 e. The van der Waals surface area contributed by atoms with Gasteiger partial charge >= 0.3 is 6.16 Å².